The van der Waals surface area contributed by atoms with Crippen molar-refractivity contribution in [2.24, 2.45) is 0 Å². The van der Waals surface area contributed by atoms with Crippen molar-refractivity contribution >= 4 is 42.1 Å². The number of nitrogens with zero attached hydrogens (tertiary/aromatic N) is 2. The smallest absolute Gasteiger partial charge is 0.421 e. The molecule has 1 N–H and O–H groups in total. The van der Waals surface area contributed by atoms with Crippen LogP contribution in [0.2, 0.25) is 0 Å². The van der Waals surface area contributed by atoms with Crippen LogP contribution in [0.5, 0.6) is 0 Å². The summed E-state index contributed by atoms with van der Waals surface area (Å²) < 4.78 is 25.7. The van der Waals surface area contributed by atoms with Gasteiger partial charge in [0, 0.05) is 30.6 Å². The zero-order valence-electron chi connectivity index (χ0n) is 23.6. The molecule has 0 aliphatic carbocycles. The van der Waals surface area contributed by atoms with E-state index in [-0.39, 0.29) is 66.0 Å². The Labute approximate surface area is 243 Å². The monoisotopic (exact) mass is 599 g/mol. The average Bonchev–Trinajstić information content (AvgIpc) is 2.88. The highest BCUT2D eigenvalue weighted by molar-refractivity contribution is 6.01. The molecule has 0 radical (unpaired) electrons. The number of hydrogen-bond acceptors (Lipinski definition) is 12. The second-order valence-electron chi connectivity index (χ2n) is 8.78. The first-order chi connectivity index (χ1) is 18.9. The maximum atomic E-state index is 13.4. The lowest BCUT2D eigenvalue weighted by Gasteiger charge is -2.36. The number of likely N-dealkylation sites (N-methyl/N-ethyl adjacent to an activating group) is 1. The number of amides is 1. The van der Waals surface area contributed by atoms with Crippen molar-refractivity contribution in [1.29, 1.82) is 0 Å². The lowest BCUT2D eigenvalue weighted by Crippen LogP contribution is -2.39. The molecule has 226 valence electrons. The highest BCUT2D eigenvalue weighted by atomic mass is 35.5. The molecule has 1 aliphatic rings. The maximum Gasteiger partial charge on any atom is 0.421 e. The number of halogens is 1. The molecule has 0 spiro atoms. The van der Waals surface area contributed by atoms with Gasteiger partial charge in [-0.25, -0.2) is 14.4 Å². The second-order valence-corrected chi connectivity index (χ2v) is 8.78. The van der Waals surface area contributed by atoms with Crippen LogP contribution in [-0.4, -0.2) is 80.6 Å². The zero-order valence-corrected chi connectivity index (χ0v) is 24.4. The van der Waals surface area contributed by atoms with E-state index in [1.807, 2.05) is 0 Å². The number of nitro benzene ring substituents is 1. The largest absolute Gasteiger partial charge is 0.460 e. The Kier molecular flexibility index (Phi) is 13.9. The van der Waals surface area contributed by atoms with Crippen molar-refractivity contribution in [3.8, 4) is 0 Å². The fourth-order valence-corrected chi connectivity index (χ4v) is 3.99. The molecular weight excluding hydrogens is 566 g/mol. The summed E-state index contributed by atoms with van der Waals surface area (Å²) in [5, 5.41) is 14.1. The summed E-state index contributed by atoms with van der Waals surface area (Å²) in [7, 11) is 2.95. The van der Waals surface area contributed by atoms with E-state index in [0.29, 0.717) is 0 Å². The van der Waals surface area contributed by atoms with E-state index in [1.54, 1.807) is 13.8 Å². The summed E-state index contributed by atoms with van der Waals surface area (Å²) in [5.74, 6) is -3.63. The van der Waals surface area contributed by atoms with Gasteiger partial charge in [0.05, 0.1) is 41.2 Å². The highest BCUT2D eigenvalue weighted by Gasteiger charge is 2.43. The van der Waals surface area contributed by atoms with Crippen molar-refractivity contribution in [3.63, 3.8) is 0 Å². The highest BCUT2D eigenvalue weighted by Crippen LogP contribution is 2.44. The van der Waals surface area contributed by atoms with E-state index in [9.17, 15) is 29.3 Å². The summed E-state index contributed by atoms with van der Waals surface area (Å²) in [5.41, 5.74) is -0.272. The van der Waals surface area contributed by atoms with Crippen LogP contribution < -0.4 is 5.32 Å². The zero-order chi connectivity index (χ0) is 30.0. The van der Waals surface area contributed by atoms with Crippen LogP contribution in [-0.2, 0) is 38.1 Å². The topological polar surface area (TPSA) is 173 Å². The number of esters is 3. The van der Waals surface area contributed by atoms with Gasteiger partial charge in [-0.05, 0) is 40.3 Å². The van der Waals surface area contributed by atoms with E-state index in [2.05, 4.69) is 5.32 Å². The van der Waals surface area contributed by atoms with Gasteiger partial charge >= 0.3 is 24.0 Å². The lowest BCUT2D eigenvalue weighted by molar-refractivity contribution is -0.384. The molecule has 0 fully saturated rings. The first-order valence-electron chi connectivity index (χ1n) is 12.2. The van der Waals surface area contributed by atoms with Crippen LogP contribution >= 0.6 is 12.4 Å². The molecule has 1 amide bonds. The number of nitrogens with one attached hydrogen (secondary N) is 1. The molecule has 2 rings (SSSR count). The maximum absolute atomic E-state index is 13.4. The molecule has 0 saturated heterocycles. The first kappa shape index (κ1) is 35.0. The van der Waals surface area contributed by atoms with Crippen molar-refractivity contribution in [2.75, 3.05) is 40.7 Å². The molecular formula is C26H34ClN3O11. The van der Waals surface area contributed by atoms with Gasteiger partial charge in [-0.3, -0.25) is 19.8 Å². The summed E-state index contributed by atoms with van der Waals surface area (Å²) in [6, 6.07) is 5.42. The Bertz CT molecular complexity index is 1210. The van der Waals surface area contributed by atoms with Crippen LogP contribution in [0.4, 0.5) is 10.5 Å². The standard InChI is InChI=1S/C26H33N3O11.ClH/c1-15(2)40-25(32)22-17(4)28(26(33)39-14-38-20(30)13-27-5)16(3)21(24(31)37-11-10-36-6)23(22)18-8-7-9-19(12-18)29(34)35;/h7-9,12,15,23,27H,10-11,13-14H2,1-6H3;1H. The minimum absolute atomic E-state index is 0. The number of hydrogen-bond donors (Lipinski definition) is 1. The van der Waals surface area contributed by atoms with Gasteiger partial charge in [-0.1, -0.05) is 12.1 Å². The predicted molar refractivity (Wildman–Crippen MR) is 146 cm³/mol. The van der Waals surface area contributed by atoms with Gasteiger partial charge in [0.2, 0.25) is 6.79 Å². The fraction of sp³-hybridized carbons (Fsp3) is 0.462. The normalized spacial score (nSPS) is 14.8. The van der Waals surface area contributed by atoms with E-state index < -0.39 is 47.7 Å². The molecule has 15 heteroatoms. The third kappa shape index (κ3) is 8.99. The van der Waals surface area contributed by atoms with Gasteiger partial charge in [0.25, 0.3) is 5.69 Å². The van der Waals surface area contributed by atoms with Crippen LogP contribution in [0.1, 0.15) is 39.2 Å². The summed E-state index contributed by atoms with van der Waals surface area (Å²) in [6.07, 6.45) is -1.63. The number of non-ortho nitro benzene ring substituents is 1. The summed E-state index contributed by atoms with van der Waals surface area (Å²) in [6.45, 7) is 5.17. The third-order valence-corrected chi connectivity index (χ3v) is 5.65. The number of ether oxygens (including phenoxy) is 5. The van der Waals surface area contributed by atoms with Gasteiger partial charge in [0.15, 0.2) is 0 Å². The molecule has 1 heterocycles. The number of rotatable bonds is 12. The average molecular weight is 600 g/mol. The molecule has 1 aliphatic heterocycles. The second kappa shape index (κ2) is 16.3. The Balaban J connectivity index is 0.00000840. The van der Waals surface area contributed by atoms with Crippen molar-refractivity contribution in [1.82, 2.24) is 10.2 Å². The van der Waals surface area contributed by atoms with Crippen molar-refractivity contribution in [3.05, 3.63) is 62.5 Å². The minimum atomic E-state index is -1.20. The molecule has 1 unspecified atom stereocenters. The SMILES string of the molecule is CNCC(=O)OCOC(=O)N1C(C)=C(C(=O)OCCOC)C(c2cccc([N+](=O)[O-])c2)C(C(=O)OC(C)C)=C1C.Cl. The molecule has 1 aromatic carbocycles. The van der Waals surface area contributed by atoms with Gasteiger partial charge in [-0.2, -0.15) is 0 Å². The molecule has 0 saturated carbocycles. The van der Waals surface area contributed by atoms with Gasteiger partial charge in [0.1, 0.15) is 6.61 Å². The van der Waals surface area contributed by atoms with Crippen molar-refractivity contribution < 1.29 is 47.8 Å². The Morgan fingerprint density at radius 3 is 2.22 bits per heavy atom. The molecule has 0 bridgehead atoms. The van der Waals surface area contributed by atoms with E-state index in [4.69, 9.17) is 23.7 Å². The summed E-state index contributed by atoms with van der Waals surface area (Å²) in [4.78, 5) is 63.5. The molecule has 41 heavy (non-hydrogen) atoms. The van der Waals surface area contributed by atoms with Gasteiger partial charge in [-0.15, -0.1) is 12.4 Å². The third-order valence-electron chi connectivity index (χ3n) is 5.65. The minimum Gasteiger partial charge on any atom is -0.460 e. The number of nitro groups is 1. The number of allylic oxidation sites excluding steroid dienone is 2. The Morgan fingerprint density at radius 2 is 1.66 bits per heavy atom. The molecule has 1 atom stereocenters. The quantitative estimate of drug-likeness (QED) is 0.0930. The van der Waals surface area contributed by atoms with E-state index in [1.165, 1.54) is 52.3 Å². The Morgan fingerprint density at radius 1 is 1.02 bits per heavy atom. The lowest BCUT2D eigenvalue weighted by atomic mass is 9.79. The van der Waals surface area contributed by atoms with Gasteiger partial charge < -0.3 is 29.0 Å². The Hall–Kier alpha value is -4.01. The van der Waals surface area contributed by atoms with Crippen LogP contribution in [0.3, 0.4) is 0 Å². The van der Waals surface area contributed by atoms with Crippen molar-refractivity contribution in [2.45, 2.75) is 39.7 Å². The fourth-order valence-electron chi connectivity index (χ4n) is 3.99. The number of carbonyl (C=O) groups is 4. The molecule has 0 aromatic heterocycles. The van der Waals surface area contributed by atoms with Crippen LogP contribution in [0.15, 0.2) is 46.8 Å². The molecule has 14 nitrogen and oxygen atoms in total. The number of methoxy groups -OCH3 is 1. The van der Waals surface area contributed by atoms with E-state index in [0.717, 1.165) is 4.90 Å². The number of carbonyl (C=O) groups excluding carboxylic acids is 4. The first-order valence-corrected chi connectivity index (χ1v) is 12.2. The van der Waals surface area contributed by atoms with Crippen LogP contribution in [0, 0.1) is 10.1 Å². The number of benzene rings is 1. The molecule has 1 aromatic rings. The van der Waals surface area contributed by atoms with E-state index >= 15 is 0 Å². The predicted octanol–water partition coefficient (Wildman–Crippen LogP) is 2.96. The summed E-state index contributed by atoms with van der Waals surface area (Å²) >= 11 is 0. The van der Waals surface area contributed by atoms with Crippen LogP contribution in [0.25, 0.3) is 0 Å².